The Bertz CT molecular complexity index is 1420. The van der Waals surface area contributed by atoms with Crippen LogP contribution in [0.5, 0.6) is 0 Å². The van der Waals surface area contributed by atoms with E-state index in [1.807, 2.05) is 32.0 Å². The van der Waals surface area contributed by atoms with Crippen LogP contribution in [-0.2, 0) is 11.2 Å². The number of H-pyrrole nitrogens is 1. The van der Waals surface area contributed by atoms with Crippen molar-refractivity contribution in [2.24, 2.45) is 0 Å². The Labute approximate surface area is 204 Å². The van der Waals surface area contributed by atoms with Gasteiger partial charge < -0.3 is 10.3 Å². The molecule has 0 bridgehead atoms. The quantitative estimate of drug-likeness (QED) is 0.362. The van der Waals surface area contributed by atoms with Crippen LogP contribution in [0, 0.1) is 0 Å². The molecule has 2 heterocycles. The minimum absolute atomic E-state index is 0.0401. The monoisotopic (exact) mass is 503 g/mol. The fourth-order valence-electron chi connectivity index (χ4n) is 3.63. The van der Waals surface area contributed by atoms with Crippen LogP contribution in [0.25, 0.3) is 16.7 Å². The minimum atomic E-state index is -0.302. The Balaban J connectivity index is 1.88. The van der Waals surface area contributed by atoms with Crippen LogP contribution in [-0.4, -0.2) is 25.7 Å². The van der Waals surface area contributed by atoms with Gasteiger partial charge in [0.1, 0.15) is 16.9 Å². The number of hydrogen-bond acceptors (Lipinski definition) is 4. The molecule has 1 amide bonds. The summed E-state index contributed by atoms with van der Waals surface area (Å²) in [5.74, 6) is 0.230. The molecule has 10 heteroatoms. The van der Waals surface area contributed by atoms with Crippen LogP contribution in [0.4, 0.5) is 5.69 Å². The maximum Gasteiger partial charge on any atom is 0.262 e. The van der Waals surface area contributed by atoms with E-state index in [0.717, 1.165) is 5.56 Å². The summed E-state index contributed by atoms with van der Waals surface area (Å²) in [4.78, 5) is 32.0. The Morgan fingerprint density at radius 3 is 2.48 bits per heavy atom. The van der Waals surface area contributed by atoms with E-state index in [2.05, 4.69) is 15.4 Å². The van der Waals surface area contributed by atoms with Crippen LogP contribution in [0.3, 0.4) is 0 Å². The summed E-state index contributed by atoms with van der Waals surface area (Å²) in [6, 6.07) is 10.5. The predicted octanol–water partition coefficient (Wildman–Crippen LogP) is 5.74. The number of hydrogen-bond donors (Lipinski definition) is 2. The maximum absolute atomic E-state index is 13.1. The molecule has 2 aromatic carbocycles. The van der Waals surface area contributed by atoms with Crippen molar-refractivity contribution in [3.8, 4) is 5.69 Å². The summed E-state index contributed by atoms with van der Waals surface area (Å²) >= 11 is 19.0. The SMILES string of the molecule is CC(=O)Nc1cccc(Cc2nc3c(c(C(C)C)nn3-c3c(Cl)cc(Cl)cc3Cl)c(=O)[nH]2)c1. The predicted molar refractivity (Wildman–Crippen MR) is 132 cm³/mol. The molecule has 0 fully saturated rings. The third-order valence-corrected chi connectivity index (χ3v) is 5.77. The summed E-state index contributed by atoms with van der Waals surface area (Å²) in [5.41, 5.74) is 2.55. The summed E-state index contributed by atoms with van der Waals surface area (Å²) in [7, 11) is 0. The van der Waals surface area contributed by atoms with Crippen LogP contribution >= 0.6 is 34.8 Å². The van der Waals surface area contributed by atoms with E-state index in [-0.39, 0.29) is 17.4 Å². The van der Waals surface area contributed by atoms with E-state index in [1.54, 1.807) is 18.2 Å². The van der Waals surface area contributed by atoms with Gasteiger partial charge in [-0.3, -0.25) is 9.59 Å². The molecule has 0 aliphatic rings. The molecule has 0 spiro atoms. The van der Waals surface area contributed by atoms with E-state index in [1.165, 1.54) is 11.6 Å². The van der Waals surface area contributed by atoms with Gasteiger partial charge in [-0.05, 0) is 35.7 Å². The molecule has 4 aromatic rings. The molecule has 2 aromatic heterocycles. The number of fused-ring (bicyclic) bond motifs is 1. The van der Waals surface area contributed by atoms with E-state index in [0.29, 0.717) is 55.4 Å². The number of anilines is 1. The molecule has 0 radical (unpaired) electrons. The average Bonchev–Trinajstić information content (AvgIpc) is 3.07. The highest BCUT2D eigenvalue weighted by Gasteiger charge is 2.23. The van der Waals surface area contributed by atoms with E-state index in [9.17, 15) is 9.59 Å². The molecular formula is C23H20Cl3N5O2. The zero-order valence-electron chi connectivity index (χ0n) is 18.0. The third kappa shape index (κ3) is 4.76. The zero-order valence-corrected chi connectivity index (χ0v) is 20.3. The zero-order chi connectivity index (χ0) is 23.9. The van der Waals surface area contributed by atoms with Crippen LogP contribution in [0.15, 0.2) is 41.2 Å². The lowest BCUT2D eigenvalue weighted by Crippen LogP contribution is -2.14. The van der Waals surface area contributed by atoms with Gasteiger partial charge in [0, 0.05) is 24.1 Å². The highest BCUT2D eigenvalue weighted by Crippen LogP contribution is 2.34. The van der Waals surface area contributed by atoms with Gasteiger partial charge in [-0.25, -0.2) is 9.67 Å². The Hall–Kier alpha value is -2.87. The van der Waals surface area contributed by atoms with Gasteiger partial charge >= 0.3 is 0 Å². The lowest BCUT2D eigenvalue weighted by Gasteiger charge is -2.09. The number of nitrogens with one attached hydrogen (secondary N) is 2. The first-order valence-corrected chi connectivity index (χ1v) is 11.3. The molecule has 170 valence electrons. The van der Waals surface area contributed by atoms with Crippen molar-refractivity contribution in [3.63, 3.8) is 0 Å². The topological polar surface area (TPSA) is 92.7 Å². The molecule has 2 N–H and O–H groups in total. The van der Waals surface area contributed by atoms with Crippen molar-refractivity contribution < 1.29 is 4.79 Å². The number of rotatable bonds is 5. The van der Waals surface area contributed by atoms with Crippen LogP contribution in [0.2, 0.25) is 15.1 Å². The van der Waals surface area contributed by atoms with Crippen molar-refractivity contribution in [2.45, 2.75) is 33.1 Å². The fourth-order valence-corrected chi connectivity index (χ4v) is 4.61. The fraction of sp³-hybridized carbons (Fsp3) is 0.217. The second-order valence-corrected chi connectivity index (χ2v) is 9.19. The van der Waals surface area contributed by atoms with Crippen molar-refractivity contribution in [1.29, 1.82) is 0 Å². The van der Waals surface area contributed by atoms with Gasteiger partial charge in [-0.1, -0.05) is 60.8 Å². The molecule has 0 unspecified atom stereocenters. The third-order valence-electron chi connectivity index (χ3n) is 4.97. The van der Waals surface area contributed by atoms with Crippen molar-refractivity contribution in [2.75, 3.05) is 5.32 Å². The second-order valence-electron chi connectivity index (χ2n) is 7.94. The molecule has 33 heavy (non-hydrogen) atoms. The highest BCUT2D eigenvalue weighted by molar-refractivity contribution is 6.40. The standard InChI is InChI=1S/C23H20Cl3N5O2/c1-11(2)20-19-22(31(30-20)21-16(25)9-14(24)10-17(21)26)28-18(29-23(19)33)8-13-5-4-6-15(7-13)27-12(3)32/h4-7,9-11H,8H2,1-3H3,(H,27,32)(H,28,29,33). The minimum Gasteiger partial charge on any atom is -0.326 e. The van der Waals surface area contributed by atoms with Gasteiger partial charge in [0.15, 0.2) is 5.65 Å². The molecular weight excluding hydrogens is 485 g/mol. The largest absolute Gasteiger partial charge is 0.326 e. The van der Waals surface area contributed by atoms with Gasteiger partial charge in [0.2, 0.25) is 5.91 Å². The summed E-state index contributed by atoms with van der Waals surface area (Å²) in [6.45, 7) is 5.33. The first kappa shape index (κ1) is 23.3. The summed E-state index contributed by atoms with van der Waals surface area (Å²) < 4.78 is 1.50. The first-order valence-electron chi connectivity index (χ1n) is 10.2. The lowest BCUT2D eigenvalue weighted by atomic mass is 10.1. The Morgan fingerprint density at radius 1 is 1.15 bits per heavy atom. The van der Waals surface area contributed by atoms with E-state index < -0.39 is 0 Å². The molecule has 4 rings (SSSR count). The maximum atomic E-state index is 13.1. The molecule has 0 saturated carbocycles. The normalized spacial score (nSPS) is 11.4. The number of benzene rings is 2. The van der Waals surface area contributed by atoms with Crippen molar-refractivity contribution in [1.82, 2.24) is 19.7 Å². The molecule has 0 atom stereocenters. The van der Waals surface area contributed by atoms with Crippen molar-refractivity contribution in [3.05, 3.63) is 78.9 Å². The van der Waals surface area contributed by atoms with E-state index in [4.69, 9.17) is 39.8 Å². The number of carbonyl (C=O) groups excluding carboxylic acids is 1. The number of halogens is 3. The smallest absolute Gasteiger partial charge is 0.262 e. The van der Waals surface area contributed by atoms with E-state index >= 15 is 0 Å². The Morgan fingerprint density at radius 2 is 1.85 bits per heavy atom. The second kappa shape index (κ2) is 9.17. The number of nitrogens with zero attached hydrogens (tertiary/aromatic N) is 3. The number of aromatic amines is 1. The number of carbonyl (C=O) groups is 1. The average molecular weight is 505 g/mol. The number of aromatic nitrogens is 4. The van der Waals surface area contributed by atoms with Crippen molar-refractivity contribution >= 4 is 57.4 Å². The van der Waals surface area contributed by atoms with Gasteiger partial charge in [-0.2, -0.15) is 5.10 Å². The van der Waals surface area contributed by atoms with Crippen LogP contribution < -0.4 is 10.9 Å². The highest BCUT2D eigenvalue weighted by atomic mass is 35.5. The summed E-state index contributed by atoms with van der Waals surface area (Å²) in [6.07, 6.45) is 0.336. The molecule has 0 aliphatic heterocycles. The molecule has 0 aliphatic carbocycles. The van der Waals surface area contributed by atoms with Crippen LogP contribution in [0.1, 0.15) is 43.8 Å². The lowest BCUT2D eigenvalue weighted by molar-refractivity contribution is -0.114. The van der Waals surface area contributed by atoms with Gasteiger partial charge in [-0.15, -0.1) is 0 Å². The Kier molecular flexibility index (Phi) is 6.47. The first-order chi connectivity index (χ1) is 15.6. The number of amides is 1. The molecule has 7 nitrogen and oxygen atoms in total. The summed E-state index contributed by atoms with van der Waals surface area (Å²) in [5, 5.41) is 8.74. The molecule has 0 saturated heterocycles. The van der Waals surface area contributed by atoms with Gasteiger partial charge in [0.25, 0.3) is 5.56 Å². The van der Waals surface area contributed by atoms with Gasteiger partial charge in [0.05, 0.1) is 15.7 Å².